The Bertz CT molecular complexity index is 408. The van der Waals surface area contributed by atoms with Crippen LogP contribution in [0.15, 0.2) is 12.3 Å². The van der Waals surface area contributed by atoms with Crippen molar-refractivity contribution < 1.29 is 4.79 Å². The fourth-order valence-corrected chi connectivity index (χ4v) is 1.30. The standard InChI is InChI=1S/C13H21N3O/c1-6-14-10-7-9(2)11(15-8-10)16-12(17)13(3,4)5/h7-8,14H,6H2,1-5H3,(H,15,16,17). The number of aromatic nitrogens is 1. The van der Waals surface area contributed by atoms with Gasteiger partial charge in [0.05, 0.1) is 11.9 Å². The summed E-state index contributed by atoms with van der Waals surface area (Å²) in [5.41, 5.74) is 1.52. The molecule has 0 aliphatic carbocycles. The fraction of sp³-hybridized carbons (Fsp3) is 0.538. The third-order valence-corrected chi connectivity index (χ3v) is 2.37. The first-order valence-corrected chi connectivity index (χ1v) is 5.86. The molecular weight excluding hydrogens is 214 g/mol. The molecule has 4 heteroatoms. The molecule has 1 heterocycles. The highest BCUT2D eigenvalue weighted by atomic mass is 16.2. The molecule has 17 heavy (non-hydrogen) atoms. The van der Waals surface area contributed by atoms with E-state index >= 15 is 0 Å². The summed E-state index contributed by atoms with van der Waals surface area (Å²) in [4.78, 5) is 16.1. The molecule has 1 rings (SSSR count). The maximum atomic E-state index is 11.8. The van der Waals surface area contributed by atoms with Crippen LogP contribution in [0.1, 0.15) is 33.3 Å². The summed E-state index contributed by atoms with van der Waals surface area (Å²) in [5.74, 6) is 0.607. The van der Waals surface area contributed by atoms with Crippen LogP contribution in [0.25, 0.3) is 0 Å². The molecule has 1 aromatic rings. The Morgan fingerprint density at radius 3 is 2.53 bits per heavy atom. The Morgan fingerprint density at radius 1 is 1.41 bits per heavy atom. The van der Waals surface area contributed by atoms with Gasteiger partial charge in [0, 0.05) is 12.0 Å². The first kappa shape index (κ1) is 13.5. The number of carbonyl (C=O) groups excluding carboxylic acids is 1. The second-order valence-electron chi connectivity index (χ2n) is 5.12. The number of anilines is 2. The van der Waals surface area contributed by atoms with Gasteiger partial charge in [0.25, 0.3) is 0 Å². The van der Waals surface area contributed by atoms with E-state index in [9.17, 15) is 4.79 Å². The largest absolute Gasteiger partial charge is 0.384 e. The molecule has 4 nitrogen and oxygen atoms in total. The number of aryl methyl sites for hydroxylation is 1. The molecule has 0 aliphatic heterocycles. The van der Waals surface area contributed by atoms with Crippen LogP contribution in [0.5, 0.6) is 0 Å². The predicted molar refractivity (Wildman–Crippen MR) is 71.2 cm³/mol. The van der Waals surface area contributed by atoms with Gasteiger partial charge in [-0.2, -0.15) is 0 Å². The minimum atomic E-state index is -0.408. The molecule has 0 bridgehead atoms. The van der Waals surface area contributed by atoms with Crippen molar-refractivity contribution in [3.05, 3.63) is 17.8 Å². The minimum absolute atomic E-state index is 0.0238. The molecule has 0 aliphatic rings. The lowest BCUT2D eigenvalue weighted by Crippen LogP contribution is -2.28. The SMILES string of the molecule is CCNc1cnc(NC(=O)C(C)(C)C)c(C)c1. The smallest absolute Gasteiger partial charge is 0.230 e. The van der Waals surface area contributed by atoms with Crippen molar-refractivity contribution in [1.29, 1.82) is 0 Å². The third-order valence-electron chi connectivity index (χ3n) is 2.37. The number of hydrogen-bond donors (Lipinski definition) is 2. The van der Waals surface area contributed by atoms with Gasteiger partial charge in [-0.25, -0.2) is 4.98 Å². The van der Waals surface area contributed by atoms with E-state index in [0.717, 1.165) is 17.8 Å². The highest BCUT2D eigenvalue weighted by molar-refractivity contribution is 5.94. The van der Waals surface area contributed by atoms with Crippen LogP contribution in [0, 0.1) is 12.3 Å². The highest BCUT2D eigenvalue weighted by Crippen LogP contribution is 2.20. The van der Waals surface area contributed by atoms with Gasteiger partial charge in [0.2, 0.25) is 5.91 Å². The minimum Gasteiger partial charge on any atom is -0.384 e. The molecular formula is C13H21N3O. The fourth-order valence-electron chi connectivity index (χ4n) is 1.30. The lowest BCUT2D eigenvalue weighted by atomic mass is 9.96. The quantitative estimate of drug-likeness (QED) is 0.847. The first-order chi connectivity index (χ1) is 7.84. The normalized spacial score (nSPS) is 11.1. The summed E-state index contributed by atoms with van der Waals surface area (Å²) in [6.07, 6.45) is 1.73. The lowest BCUT2D eigenvalue weighted by molar-refractivity contribution is -0.123. The number of nitrogens with one attached hydrogen (secondary N) is 2. The Labute approximate surface area is 103 Å². The van der Waals surface area contributed by atoms with Crippen LogP contribution in [0.4, 0.5) is 11.5 Å². The van der Waals surface area contributed by atoms with Crippen molar-refractivity contribution in [2.24, 2.45) is 5.41 Å². The molecule has 0 aromatic carbocycles. The van der Waals surface area contributed by atoms with Crippen molar-refractivity contribution in [2.45, 2.75) is 34.6 Å². The monoisotopic (exact) mass is 235 g/mol. The number of pyridine rings is 1. The van der Waals surface area contributed by atoms with Gasteiger partial charge >= 0.3 is 0 Å². The zero-order valence-corrected chi connectivity index (χ0v) is 11.2. The van der Waals surface area contributed by atoms with E-state index in [4.69, 9.17) is 0 Å². The Hall–Kier alpha value is -1.58. The maximum Gasteiger partial charge on any atom is 0.230 e. The van der Waals surface area contributed by atoms with E-state index in [1.54, 1.807) is 6.20 Å². The molecule has 0 fully saturated rings. The van der Waals surface area contributed by atoms with Gasteiger partial charge in [-0.3, -0.25) is 4.79 Å². The average molecular weight is 235 g/mol. The molecule has 1 amide bonds. The van der Waals surface area contributed by atoms with Gasteiger partial charge in [0.1, 0.15) is 5.82 Å². The van der Waals surface area contributed by atoms with Gasteiger partial charge in [0.15, 0.2) is 0 Å². The summed E-state index contributed by atoms with van der Waals surface area (Å²) in [6, 6.07) is 1.98. The second kappa shape index (κ2) is 5.17. The van der Waals surface area contributed by atoms with Crippen LogP contribution in [-0.4, -0.2) is 17.4 Å². The summed E-state index contributed by atoms with van der Waals surface area (Å²) >= 11 is 0. The van der Waals surface area contributed by atoms with Crippen molar-refractivity contribution in [3.63, 3.8) is 0 Å². The van der Waals surface area contributed by atoms with E-state index in [1.807, 2.05) is 40.7 Å². The lowest BCUT2D eigenvalue weighted by Gasteiger charge is -2.18. The maximum absolute atomic E-state index is 11.8. The van der Waals surface area contributed by atoms with Crippen LogP contribution < -0.4 is 10.6 Å². The molecule has 94 valence electrons. The van der Waals surface area contributed by atoms with Gasteiger partial charge in [-0.15, -0.1) is 0 Å². The Balaban J connectivity index is 2.83. The van der Waals surface area contributed by atoms with E-state index < -0.39 is 5.41 Å². The topological polar surface area (TPSA) is 54.0 Å². The molecule has 2 N–H and O–H groups in total. The van der Waals surface area contributed by atoms with E-state index in [-0.39, 0.29) is 5.91 Å². The van der Waals surface area contributed by atoms with Crippen LogP contribution in [-0.2, 0) is 4.79 Å². The Kier molecular flexibility index (Phi) is 4.10. The Morgan fingerprint density at radius 2 is 2.06 bits per heavy atom. The van der Waals surface area contributed by atoms with Crippen LogP contribution in [0.2, 0.25) is 0 Å². The van der Waals surface area contributed by atoms with Gasteiger partial charge < -0.3 is 10.6 Å². The molecule has 0 unspecified atom stereocenters. The van der Waals surface area contributed by atoms with Crippen LogP contribution >= 0.6 is 0 Å². The van der Waals surface area contributed by atoms with Crippen molar-refractivity contribution >= 4 is 17.4 Å². The summed E-state index contributed by atoms with van der Waals surface area (Å²) in [6.45, 7) is 10.5. The first-order valence-electron chi connectivity index (χ1n) is 5.86. The molecule has 0 radical (unpaired) electrons. The number of rotatable bonds is 3. The van der Waals surface area contributed by atoms with Crippen molar-refractivity contribution in [2.75, 3.05) is 17.2 Å². The highest BCUT2D eigenvalue weighted by Gasteiger charge is 2.22. The third kappa shape index (κ3) is 3.73. The molecule has 0 spiro atoms. The van der Waals surface area contributed by atoms with E-state index in [0.29, 0.717) is 5.82 Å². The number of amides is 1. The van der Waals surface area contributed by atoms with Gasteiger partial charge in [-0.05, 0) is 25.5 Å². The predicted octanol–water partition coefficient (Wildman–Crippen LogP) is 2.81. The molecule has 0 saturated carbocycles. The summed E-state index contributed by atoms with van der Waals surface area (Å²) in [5, 5.41) is 6.03. The summed E-state index contributed by atoms with van der Waals surface area (Å²) < 4.78 is 0. The van der Waals surface area contributed by atoms with Crippen LogP contribution in [0.3, 0.4) is 0 Å². The molecule has 0 atom stereocenters. The number of carbonyl (C=O) groups is 1. The van der Waals surface area contributed by atoms with Gasteiger partial charge in [-0.1, -0.05) is 20.8 Å². The number of hydrogen-bond acceptors (Lipinski definition) is 3. The summed E-state index contributed by atoms with van der Waals surface area (Å²) in [7, 11) is 0. The van der Waals surface area contributed by atoms with Crippen molar-refractivity contribution in [1.82, 2.24) is 4.98 Å². The number of nitrogens with zero attached hydrogens (tertiary/aromatic N) is 1. The average Bonchev–Trinajstić information content (AvgIpc) is 2.21. The second-order valence-corrected chi connectivity index (χ2v) is 5.12. The zero-order chi connectivity index (χ0) is 13.1. The molecule has 0 saturated heterocycles. The van der Waals surface area contributed by atoms with Crippen molar-refractivity contribution in [3.8, 4) is 0 Å². The van der Waals surface area contributed by atoms with E-state index in [1.165, 1.54) is 0 Å². The zero-order valence-electron chi connectivity index (χ0n) is 11.2. The van der Waals surface area contributed by atoms with E-state index in [2.05, 4.69) is 15.6 Å². The molecule has 1 aromatic heterocycles.